The van der Waals surface area contributed by atoms with Crippen LogP contribution in [0.5, 0.6) is 0 Å². The van der Waals surface area contributed by atoms with Gasteiger partial charge in [0.1, 0.15) is 17.5 Å². The van der Waals surface area contributed by atoms with E-state index in [1.807, 2.05) is 13.0 Å². The highest BCUT2D eigenvalue weighted by molar-refractivity contribution is 5.49. The van der Waals surface area contributed by atoms with Gasteiger partial charge in [0.2, 0.25) is 0 Å². The Morgan fingerprint density at radius 2 is 2.06 bits per heavy atom. The second-order valence-electron chi connectivity index (χ2n) is 4.70. The number of aryl methyl sites for hydroxylation is 1. The summed E-state index contributed by atoms with van der Waals surface area (Å²) in [6.45, 7) is 8.06. The molecule has 0 aliphatic carbocycles. The lowest BCUT2D eigenvalue weighted by Gasteiger charge is -2.31. The number of hydrogen-bond donors (Lipinski definition) is 2. The first-order valence-corrected chi connectivity index (χ1v) is 6.21. The standard InChI is InChI=1S/C12H24N6/c1-6-18(9(2)8-17(4)5)12-7-11(16-13)14-10(3)15-12/h7,9H,6,8,13H2,1-5H3,(H,14,15,16). The zero-order chi connectivity index (χ0) is 13.7. The summed E-state index contributed by atoms with van der Waals surface area (Å²) in [5.74, 6) is 7.69. The lowest BCUT2D eigenvalue weighted by molar-refractivity contribution is 0.372. The first-order valence-electron chi connectivity index (χ1n) is 6.21. The highest BCUT2D eigenvalue weighted by Gasteiger charge is 2.16. The maximum absolute atomic E-state index is 5.42. The van der Waals surface area contributed by atoms with Crippen LogP contribution >= 0.6 is 0 Å². The minimum Gasteiger partial charge on any atom is -0.353 e. The molecule has 3 N–H and O–H groups in total. The largest absolute Gasteiger partial charge is 0.353 e. The van der Waals surface area contributed by atoms with Crippen molar-refractivity contribution < 1.29 is 0 Å². The third-order valence-electron chi connectivity index (χ3n) is 2.77. The number of nitrogens with one attached hydrogen (secondary N) is 1. The number of aromatic nitrogens is 2. The number of hydrogen-bond acceptors (Lipinski definition) is 6. The first kappa shape index (κ1) is 14.7. The number of nitrogen functional groups attached to an aromatic ring is 1. The van der Waals surface area contributed by atoms with Gasteiger partial charge in [0, 0.05) is 25.2 Å². The predicted octanol–water partition coefficient (Wildman–Crippen LogP) is 0.847. The van der Waals surface area contributed by atoms with Crippen LogP contribution < -0.4 is 16.2 Å². The van der Waals surface area contributed by atoms with Gasteiger partial charge in [0.05, 0.1) is 0 Å². The van der Waals surface area contributed by atoms with Crippen molar-refractivity contribution in [3.63, 3.8) is 0 Å². The second-order valence-corrected chi connectivity index (χ2v) is 4.70. The second kappa shape index (κ2) is 6.51. The van der Waals surface area contributed by atoms with Crippen molar-refractivity contribution in [2.75, 3.05) is 37.5 Å². The zero-order valence-electron chi connectivity index (χ0n) is 11.9. The smallest absolute Gasteiger partial charge is 0.145 e. The molecule has 1 rings (SSSR count). The lowest BCUT2D eigenvalue weighted by Crippen LogP contribution is -2.40. The van der Waals surface area contributed by atoms with Crippen LogP contribution in [0, 0.1) is 6.92 Å². The molecule has 1 aromatic heterocycles. The molecule has 0 amide bonds. The fraction of sp³-hybridized carbons (Fsp3) is 0.667. The minimum atomic E-state index is 0.380. The highest BCUT2D eigenvalue weighted by Crippen LogP contribution is 2.17. The Morgan fingerprint density at radius 1 is 1.39 bits per heavy atom. The molecule has 1 heterocycles. The van der Waals surface area contributed by atoms with E-state index >= 15 is 0 Å². The summed E-state index contributed by atoms with van der Waals surface area (Å²) in [5.41, 5.74) is 2.58. The van der Waals surface area contributed by atoms with Crippen molar-refractivity contribution in [1.29, 1.82) is 0 Å². The molecule has 1 aromatic rings. The van der Waals surface area contributed by atoms with Gasteiger partial charge >= 0.3 is 0 Å². The van der Waals surface area contributed by atoms with Crippen LogP contribution in [0.15, 0.2) is 6.07 Å². The molecule has 1 unspecified atom stereocenters. The molecule has 102 valence electrons. The normalized spacial score (nSPS) is 12.6. The van der Waals surface area contributed by atoms with Gasteiger partial charge < -0.3 is 15.2 Å². The Bertz CT molecular complexity index is 379. The van der Waals surface area contributed by atoms with E-state index in [1.165, 1.54) is 0 Å². The maximum Gasteiger partial charge on any atom is 0.145 e. The molecule has 1 atom stereocenters. The summed E-state index contributed by atoms with van der Waals surface area (Å²) in [4.78, 5) is 13.1. The van der Waals surface area contributed by atoms with E-state index in [1.54, 1.807) is 0 Å². The number of anilines is 2. The third kappa shape index (κ3) is 3.82. The molecule has 0 fully saturated rings. The van der Waals surface area contributed by atoms with Crippen LogP contribution in [0.3, 0.4) is 0 Å². The highest BCUT2D eigenvalue weighted by atomic mass is 15.3. The van der Waals surface area contributed by atoms with Crippen molar-refractivity contribution in [3.8, 4) is 0 Å². The monoisotopic (exact) mass is 252 g/mol. The van der Waals surface area contributed by atoms with E-state index in [-0.39, 0.29) is 0 Å². The molecule has 0 bridgehead atoms. The molecule has 0 saturated heterocycles. The molecule has 6 heteroatoms. The fourth-order valence-corrected chi connectivity index (χ4v) is 2.10. The first-order chi connectivity index (χ1) is 8.47. The molecular weight excluding hydrogens is 228 g/mol. The van der Waals surface area contributed by atoms with Crippen LogP contribution in [0.2, 0.25) is 0 Å². The van der Waals surface area contributed by atoms with Crippen molar-refractivity contribution in [2.24, 2.45) is 5.84 Å². The number of nitrogens with zero attached hydrogens (tertiary/aromatic N) is 4. The molecule has 0 saturated carbocycles. The van der Waals surface area contributed by atoms with Crippen LogP contribution in [0.4, 0.5) is 11.6 Å². The van der Waals surface area contributed by atoms with E-state index in [0.29, 0.717) is 11.9 Å². The van der Waals surface area contributed by atoms with Gasteiger partial charge in [0.15, 0.2) is 0 Å². The topological polar surface area (TPSA) is 70.3 Å². The van der Waals surface area contributed by atoms with Crippen LogP contribution in [-0.4, -0.2) is 48.1 Å². The molecule has 0 radical (unpaired) electrons. The summed E-state index contributed by atoms with van der Waals surface area (Å²) in [6, 6.07) is 2.26. The lowest BCUT2D eigenvalue weighted by atomic mass is 10.2. The van der Waals surface area contributed by atoms with Gasteiger partial charge in [-0.1, -0.05) is 0 Å². The Labute approximate surface area is 109 Å². The van der Waals surface area contributed by atoms with Crippen LogP contribution in [0.25, 0.3) is 0 Å². The molecule has 0 aliphatic heterocycles. The summed E-state index contributed by atoms with van der Waals surface area (Å²) in [5, 5.41) is 0. The minimum absolute atomic E-state index is 0.380. The van der Waals surface area contributed by atoms with Gasteiger partial charge in [-0.15, -0.1) is 0 Å². The number of rotatable bonds is 6. The average molecular weight is 252 g/mol. The van der Waals surface area contributed by atoms with Crippen molar-refractivity contribution in [3.05, 3.63) is 11.9 Å². The Kier molecular flexibility index (Phi) is 5.30. The molecular formula is C12H24N6. The SMILES string of the molecule is CCN(c1cc(NN)nc(C)n1)C(C)CN(C)C. The van der Waals surface area contributed by atoms with Crippen molar-refractivity contribution in [1.82, 2.24) is 14.9 Å². The summed E-state index contributed by atoms with van der Waals surface area (Å²) in [7, 11) is 4.14. The van der Waals surface area contributed by atoms with E-state index < -0.39 is 0 Å². The summed E-state index contributed by atoms with van der Waals surface area (Å²) in [6.07, 6.45) is 0. The Morgan fingerprint density at radius 3 is 2.56 bits per heavy atom. The zero-order valence-corrected chi connectivity index (χ0v) is 11.9. The quantitative estimate of drug-likeness (QED) is 0.578. The van der Waals surface area contributed by atoms with E-state index in [9.17, 15) is 0 Å². The van der Waals surface area contributed by atoms with Gasteiger partial charge in [-0.05, 0) is 34.9 Å². The van der Waals surface area contributed by atoms with Crippen molar-refractivity contribution in [2.45, 2.75) is 26.8 Å². The summed E-state index contributed by atoms with van der Waals surface area (Å²) < 4.78 is 0. The van der Waals surface area contributed by atoms with E-state index in [0.717, 1.165) is 24.7 Å². The molecule has 6 nitrogen and oxygen atoms in total. The van der Waals surface area contributed by atoms with E-state index in [4.69, 9.17) is 5.84 Å². The third-order valence-corrected chi connectivity index (χ3v) is 2.77. The fourth-order valence-electron chi connectivity index (χ4n) is 2.10. The number of nitrogens with two attached hydrogens (primary N) is 1. The van der Waals surface area contributed by atoms with Gasteiger partial charge in [0.25, 0.3) is 0 Å². The van der Waals surface area contributed by atoms with Gasteiger partial charge in [-0.25, -0.2) is 15.8 Å². The predicted molar refractivity (Wildman–Crippen MR) is 75.6 cm³/mol. The summed E-state index contributed by atoms with van der Waals surface area (Å²) >= 11 is 0. The average Bonchev–Trinajstić information content (AvgIpc) is 2.28. The molecule has 0 aliphatic rings. The van der Waals surface area contributed by atoms with Gasteiger partial charge in [-0.3, -0.25) is 0 Å². The number of hydrazine groups is 1. The van der Waals surface area contributed by atoms with Crippen LogP contribution in [0.1, 0.15) is 19.7 Å². The molecule has 18 heavy (non-hydrogen) atoms. The number of likely N-dealkylation sites (N-methyl/N-ethyl adjacent to an activating group) is 2. The molecule has 0 aromatic carbocycles. The maximum atomic E-state index is 5.42. The van der Waals surface area contributed by atoms with Crippen molar-refractivity contribution >= 4 is 11.6 Å². The van der Waals surface area contributed by atoms with Gasteiger partial charge in [-0.2, -0.15) is 0 Å². The molecule has 0 spiro atoms. The Hall–Kier alpha value is -1.40. The van der Waals surface area contributed by atoms with Crippen LogP contribution in [-0.2, 0) is 0 Å². The Balaban J connectivity index is 2.97. The van der Waals surface area contributed by atoms with E-state index in [2.05, 4.69) is 53.1 Å².